The summed E-state index contributed by atoms with van der Waals surface area (Å²) in [5.41, 5.74) is 0. The van der Waals surface area contributed by atoms with Crippen molar-refractivity contribution < 1.29 is 39.3 Å². The fourth-order valence-corrected chi connectivity index (χ4v) is 2.99. The monoisotopic (exact) mass is 430 g/mol. The van der Waals surface area contributed by atoms with Gasteiger partial charge in [-0.3, -0.25) is 19.2 Å². The molecule has 0 saturated carbocycles. The molecule has 0 radical (unpaired) electrons. The first-order valence-corrected chi connectivity index (χ1v) is 9.71. The smallest absolute Gasteiger partial charge is 0.328 e. The van der Waals surface area contributed by atoms with Crippen LogP contribution in [-0.4, -0.2) is 81.8 Å². The van der Waals surface area contributed by atoms with Gasteiger partial charge in [-0.2, -0.15) is 0 Å². The zero-order chi connectivity index (χ0) is 23.0. The van der Waals surface area contributed by atoms with E-state index in [-0.39, 0.29) is 11.8 Å². The maximum atomic E-state index is 12.7. The summed E-state index contributed by atoms with van der Waals surface area (Å²) in [6.07, 6.45) is -0.814. The van der Waals surface area contributed by atoms with Gasteiger partial charge in [-0.1, -0.05) is 13.8 Å². The van der Waals surface area contributed by atoms with Gasteiger partial charge in [0.25, 0.3) is 0 Å². The number of aliphatic hydroxyl groups is 1. The van der Waals surface area contributed by atoms with Crippen molar-refractivity contribution in [2.24, 2.45) is 5.92 Å². The predicted octanol–water partition coefficient (Wildman–Crippen LogP) is -2.21. The molecule has 170 valence electrons. The first-order chi connectivity index (χ1) is 13.9. The van der Waals surface area contributed by atoms with Gasteiger partial charge in [-0.25, -0.2) is 4.79 Å². The number of amides is 3. The molecule has 0 aliphatic carbocycles. The van der Waals surface area contributed by atoms with Crippen LogP contribution in [0, 0.1) is 5.92 Å². The Morgan fingerprint density at radius 3 is 2.03 bits per heavy atom. The third kappa shape index (κ3) is 7.59. The summed E-state index contributed by atoms with van der Waals surface area (Å²) in [5.74, 6) is -5.52. The molecule has 3 amide bonds. The molecule has 1 saturated heterocycles. The number of carbonyl (C=O) groups excluding carboxylic acids is 3. The highest BCUT2D eigenvalue weighted by Gasteiger charge is 2.34. The van der Waals surface area contributed by atoms with Crippen LogP contribution in [0.1, 0.15) is 40.0 Å². The fourth-order valence-electron chi connectivity index (χ4n) is 2.99. The van der Waals surface area contributed by atoms with Crippen LogP contribution in [0.3, 0.4) is 0 Å². The maximum absolute atomic E-state index is 12.7. The van der Waals surface area contributed by atoms with E-state index in [0.717, 1.165) is 13.3 Å². The number of aliphatic hydroxyl groups excluding tert-OH is 1. The SMILES string of the molecule is CC(C)C(NC(=O)C1CCCN1)C(=O)NC(CC(=O)O)C(=O)NC(C(=O)O)C(C)O. The van der Waals surface area contributed by atoms with Gasteiger partial charge in [0.1, 0.15) is 12.1 Å². The Labute approximate surface area is 173 Å². The van der Waals surface area contributed by atoms with Crippen LogP contribution in [0.15, 0.2) is 0 Å². The summed E-state index contributed by atoms with van der Waals surface area (Å²) >= 11 is 0. The number of nitrogens with one attached hydrogen (secondary N) is 4. The second kappa shape index (κ2) is 11.5. The molecule has 0 aromatic carbocycles. The van der Waals surface area contributed by atoms with Gasteiger partial charge >= 0.3 is 11.9 Å². The van der Waals surface area contributed by atoms with Crippen LogP contribution in [0.5, 0.6) is 0 Å². The highest BCUT2D eigenvalue weighted by Crippen LogP contribution is 2.09. The summed E-state index contributed by atoms with van der Waals surface area (Å²) in [6.45, 7) is 5.18. The summed E-state index contributed by atoms with van der Waals surface area (Å²) in [4.78, 5) is 59.7. The molecule has 12 heteroatoms. The Kier molecular flexibility index (Phi) is 9.66. The lowest BCUT2D eigenvalue weighted by Gasteiger charge is -2.26. The van der Waals surface area contributed by atoms with Crippen LogP contribution >= 0.6 is 0 Å². The van der Waals surface area contributed by atoms with Crippen LogP contribution < -0.4 is 21.3 Å². The third-order valence-electron chi connectivity index (χ3n) is 4.68. The molecule has 0 aromatic rings. The average Bonchev–Trinajstić information content (AvgIpc) is 3.16. The van der Waals surface area contributed by atoms with E-state index >= 15 is 0 Å². The average molecular weight is 430 g/mol. The van der Waals surface area contributed by atoms with Crippen LogP contribution in [-0.2, 0) is 24.0 Å². The molecule has 1 aliphatic rings. The highest BCUT2D eigenvalue weighted by atomic mass is 16.4. The zero-order valence-electron chi connectivity index (χ0n) is 17.2. The minimum Gasteiger partial charge on any atom is -0.481 e. The molecule has 1 rings (SSSR count). The normalized spacial score (nSPS) is 20.0. The molecule has 0 aromatic heterocycles. The Bertz CT molecular complexity index is 661. The van der Waals surface area contributed by atoms with Gasteiger partial charge in [-0.15, -0.1) is 0 Å². The van der Waals surface area contributed by atoms with Gasteiger partial charge in [-0.05, 0) is 32.2 Å². The summed E-state index contributed by atoms with van der Waals surface area (Å²) in [5, 5.41) is 37.5. The zero-order valence-corrected chi connectivity index (χ0v) is 17.2. The Morgan fingerprint density at radius 1 is 0.967 bits per heavy atom. The third-order valence-corrected chi connectivity index (χ3v) is 4.68. The molecular weight excluding hydrogens is 400 g/mol. The van der Waals surface area contributed by atoms with Crippen LogP contribution in [0.4, 0.5) is 0 Å². The lowest BCUT2D eigenvalue weighted by Crippen LogP contribution is -2.59. The standard InChI is InChI=1S/C18H30N4O8/c1-8(2)13(21-15(26)10-5-4-6-19-10)17(28)20-11(7-12(24)25)16(27)22-14(9(3)23)18(29)30/h8-11,13-14,19,23H,4-7H2,1-3H3,(H,20,28)(H,21,26)(H,22,27)(H,24,25)(H,29,30). The van der Waals surface area contributed by atoms with Crippen molar-refractivity contribution in [2.45, 2.75) is 70.3 Å². The van der Waals surface area contributed by atoms with E-state index in [9.17, 15) is 29.1 Å². The number of aliphatic carboxylic acids is 2. The van der Waals surface area contributed by atoms with Crippen molar-refractivity contribution in [2.75, 3.05) is 6.54 Å². The molecule has 30 heavy (non-hydrogen) atoms. The number of rotatable bonds is 11. The molecular formula is C18H30N4O8. The molecule has 1 fully saturated rings. The molecule has 0 bridgehead atoms. The fraction of sp³-hybridized carbons (Fsp3) is 0.722. The van der Waals surface area contributed by atoms with Crippen molar-refractivity contribution in [1.82, 2.24) is 21.3 Å². The Morgan fingerprint density at radius 2 is 1.60 bits per heavy atom. The lowest BCUT2D eigenvalue weighted by atomic mass is 10.0. The van der Waals surface area contributed by atoms with Crippen molar-refractivity contribution >= 4 is 29.7 Å². The van der Waals surface area contributed by atoms with Crippen molar-refractivity contribution in [3.8, 4) is 0 Å². The van der Waals surface area contributed by atoms with Crippen LogP contribution in [0.2, 0.25) is 0 Å². The predicted molar refractivity (Wildman–Crippen MR) is 103 cm³/mol. The second-order valence-corrected chi connectivity index (χ2v) is 7.60. The van der Waals surface area contributed by atoms with Gasteiger partial charge < -0.3 is 36.6 Å². The quantitative estimate of drug-likeness (QED) is 0.190. The number of carbonyl (C=O) groups is 5. The topological polar surface area (TPSA) is 194 Å². The number of carboxylic acids is 2. The molecule has 5 unspecified atom stereocenters. The first-order valence-electron chi connectivity index (χ1n) is 9.71. The van der Waals surface area contributed by atoms with Crippen molar-refractivity contribution in [3.63, 3.8) is 0 Å². The minimum absolute atomic E-state index is 0.367. The maximum Gasteiger partial charge on any atom is 0.328 e. The van der Waals surface area contributed by atoms with Crippen LogP contribution in [0.25, 0.3) is 0 Å². The van der Waals surface area contributed by atoms with Gasteiger partial charge in [0, 0.05) is 0 Å². The van der Waals surface area contributed by atoms with E-state index in [1.54, 1.807) is 13.8 Å². The molecule has 0 spiro atoms. The van der Waals surface area contributed by atoms with E-state index in [4.69, 9.17) is 10.2 Å². The lowest BCUT2D eigenvalue weighted by molar-refractivity contribution is -0.146. The first kappa shape index (κ1) is 25.3. The number of carboxylic acid groups (broad SMARTS) is 2. The molecule has 12 nitrogen and oxygen atoms in total. The Balaban J connectivity index is 2.90. The number of hydrogen-bond donors (Lipinski definition) is 7. The molecule has 7 N–H and O–H groups in total. The van der Waals surface area contributed by atoms with Crippen molar-refractivity contribution in [1.29, 1.82) is 0 Å². The summed E-state index contributed by atoms with van der Waals surface area (Å²) in [6, 6.07) is -4.74. The van der Waals surface area contributed by atoms with E-state index < -0.39 is 60.4 Å². The van der Waals surface area contributed by atoms with E-state index in [1.165, 1.54) is 0 Å². The summed E-state index contributed by atoms with van der Waals surface area (Å²) in [7, 11) is 0. The molecule has 1 heterocycles. The van der Waals surface area contributed by atoms with Crippen molar-refractivity contribution in [3.05, 3.63) is 0 Å². The molecule has 5 atom stereocenters. The van der Waals surface area contributed by atoms with Gasteiger partial charge in [0.05, 0.1) is 18.6 Å². The Hall–Kier alpha value is -2.73. The van der Waals surface area contributed by atoms with Gasteiger partial charge in [0.15, 0.2) is 6.04 Å². The largest absolute Gasteiger partial charge is 0.481 e. The van der Waals surface area contributed by atoms with E-state index in [0.29, 0.717) is 13.0 Å². The van der Waals surface area contributed by atoms with E-state index in [2.05, 4.69) is 16.0 Å². The minimum atomic E-state index is -1.68. The summed E-state index contributed by atoms with van der Waals surface area (Å²) < 4.78 is 0. The van der Waals surface area contributed by atoms with Gasteiger partial charge in [0.2, 0.25) is 17.7 Å². The second-order valence-electron chi connectivity index (χ2n) is 7.60. The molecule has 1 aliphatic heterocycles. The highest BCUT2D eigenvalue weighted by molar-refractivity contribution is 5.95. The van der Waals surface area contributed by atoms with E-state index in [1.807, 2.05) is 5.32 Å². The number of hydrogen-bond acceptors (Lipinski definition) is 7.